The number of ether oxygens (including phenoxy) is 1. The van der Waals surface area contributed by atoms with Gasteiger partial charge in [0.15, 0.2) is 0 Å². The lowest BCUT2D eigenvalue weighted by Gasteiger charge is -2.58. The van der Waals surface area contributed by atoms with Gasteiger partial charge in [-0.3, -0.25) is 4.98 Å². The topological polar surface area (TPSA) is 42.4 Å². The molecule has 3 fully saturated rings. The minimum atomic E-state index is -0.936. The molecule has 3 aromatic rings. The number of methoxy groups -OCH3 is 1. The van der Waals surface area contributed by atoms with E-state index < -0.39 is 23.6 Å². The first-order valence-electron chi connectivity index (χ1n) is 11.6. The van der Waals surface area contributed by atoms with E-state index in [0.29, 0.717) is 41.2 Å². The number of hydrogen-bond acceptors (Lipinski definition) is 3. The second-order valence-corrected chi connectivity index (χ2v) is 9.61. The van der Waals surface area contributed by atoms with Crippen molar-refractivity contribution < 1.29 is 27.5 Å². The number of aromatic nitrogens is 1. The summed E-state index contributed by atoms with van der Waals surface area (Å²) in [5.74, 6) is -1.51. The van der Waals surface area contributed by atoms with Crippen molar-refractivity contribution in [3.8, 4) is 5.75 Å². The second kappa shape index (κ2) is 8.71. The van der Waals surface area contributed by atoms with Crippen LogP contribution in [0, 0.1) is 29.3 Å². The highest BCUT2D eigenvalue weighted by Crippen LogP contribution is 2.48. The van der Waals surface area contributed by atoms with Gasteiger partial charge in [0.1, 0.15) is 41.9 Å². The van der Waals surface area contributed by atoms with Crippen LogP contribution in [-0.2, 0) is 6.54 Å². The van der Waals surface area contributed by atoms with Gasteiger partial charge in [0, 0.05) is 42.5 Å². The van der Waals surface area contributed by atoms with Crippen molar-refractivity contribution in [3.63, 3.8) is 0 Å². The monoisotopic (exact) mass is 469 g/mol. The summed E-state index contributed by atoms with van der Waals surface area (Å²) in [6.07, 6.45) is 4.30. The molecule has 3 aliphatic rings. The molecule has 178 valence electrons. The van der Waals surface area contributed by atoms with E-state index in [-0.39, 0.29) is 24.1 Å². The van der Waals surface area contributed by atoms with E-state index in [2.05, 4.69) is 11.6 Å². The van der Waals surface area contributed by atoms with Crippen molar-refractivity contribution >= 4 is 10.9 Å². The number of quaternary nitrogens is 1. The van der Waals surface area contributed by atoms with Crippen LogP contribution in [0.1, 0.15) is 30.1 Å². The third-order valence-corrected chi connectivity index (χ3v) is 7.92. The summed E-state index contributed by atoms with van der Waals surface area (Å²) in [6, 6.07) is 8.50. The molecule has 1 unspecified atom stereocenters. The quantitative estimate of drug-likeness (QED) is 0.393. The first-order chi connectivity index (χ1) is 16.3. The first-order valence-corrected chi connectivity index (χ1v) is 11.6. The van der Waals surface area contributed by atoms with Crippen LogP contribution in [-0.4, -0.2) is 40.8 Å². The van der Waals surface area contributed by atoms with Gasteiger partial charge in [-0.2, -0.15) is 0 Å². The van der Waals surface area contributed by atoms with E-state index in [4.69, 9.17) is 4.74 Å². The Morgan fingerprint density at radius 3 is 2.68 bits per heavy atom. The molecular formula is C27H28F3N2O2+. The Balaban J connectivity index is 1.59. The number of nitrogens with zero attached hydrogens (tertiary/aromatic N) is 2. The van der Waals surface area contributed by atoms with Crippen molar-refractivity contribution in [2.45, 2.75) is 31.5 Å². The van der Waals surface area contributed by atoms with E-state index >= 15 is 0 Å². The Morgan fingerprint density at radius 2 is 1.97 bits per heavy atom. The van der Waals surface area contributed by atoms with E-state index in [1.165, 1.54) is 0 Å². The molecule has 0 amide bonds. The first kappa shape index (κ1) is 22.9. The minimum Gasteiger partial charge on any atom is -0.497 e. The normalized spacial score (nSPS) is 27.0. The highest BCUT2D eigenvalue weighted by Gasteiger charge is 2.54. The van der Waals surface area contributed by atoms with Crippen molar-refractivity contribution in [1.82, 2.24) is 4.98 Å². The molecule has 0 aliphatic carbocycles. The van der Waals surface area contributed by atoms with Gasteiger partial charge in [0.2, 0.25) is 0 Å². The Hall–Kier alpha value is -2.90. The lowest BCUT2D eigenvalue weighted by Crippen LogP contribution is -2.67. The fourth-order valence-corrected chi connectivity index (χ4v) is 6.16. The van der Waals surface area contributed by atoms with Crippen molar-refractivity contribution in [2.75, 3.05) is 20.2 Å². The number of aliphatic hydroxyl groups is 1. The lowest BCUT2D eigenvalue weighted by molar-refractivity contribution is -0.985. The number of piperidine rings is 3. The van der Waals surface area contributed by atoms with Crippen molar-refractivity contribution in [1.29, 1.82) is 0 Å². The van der Waals surface area contributed by atoms with Gasteiger partial charge in [-0.15, -0.1) is 6.58 Å². The molecule has 3 saturated heterocycles. The zero-order valence-electron chi connectivity index (χ0n) is 19.1. The Bertz CT molecular complexity index is 1230. The fourth-order valence-electron chi connectivity index (χ4n) is 6.16. The molecule has 4 heterocycles. The van der Waals surface area contributed by atoms with Gasteiger partial charge < -0.3 is 14.3 Å². The number of hydrogen-bond donors (Lipinski definition) is 1. The van der Waals surface area contributed by atoms with E-state index in [1.54, 1.807) is 19.4 Å². The number of rotatable bonds is 6. The zero-order valence-corrected chi connectivity index (χ0v) is 19.1. The average molecular weight is 470 g/mol. The van der Waals surface area contributed by atoms with E-state index in [0.717, 1.165) is 29.5 Å². The highest BCUT2D eigenvalue weighted by atomic mass is 19.1. The summed E-state index contributed by atoms with van der Waals surface area (Å²) < 4.78 is 48.7. The Labute approximate surface area is 196 Å². The molecule has 7 heteroatoms. The molecular weight excluding hydrogens is 441 g/mol. The van der Waals surface area contributed by atoms with Crippen LogP contribution < -0.4 is 4.74 Å². The highest BCUT2D eigenvalue weighted by molar-refractivity contribution is 5.83. The van der Waals surface area contributed by atoms with Gasteiger partial charge in [0.05, 0.1) is 31.3 Å². The third kappa shape index (κ3) is 3.77. The number of benzene rings is 2. The summed E-state index contributed by atoms with van der Waals surface area (Å²) in [6.45, 7) is 5.33. The van der Waals surface area contributed by atoms with Crippen LogP contribution in [0.3, 0.4) is 0 Å². The summed E-state index contributed by atoms with van der Waals surface area (Å²) in [4.78, 5) is 4.41. The van der Waals surface area contributed by atoms with Crippen molar-refractivity contribution in [3.05, 3.63) is 83.8 Å². The molecule has 1 aromatic heterocycles. The average Bonchev–Trinajstić information content (AvgIpc) is 2.85. The fraction of sp³-hybridized carbons (Fsp3) is 0.370. The lowest BCUT2D eigenvalue weighted by atomic mass is 9.71. The molecule has 0 saturated carbocycles. The van der Waals surface area contributed by atoms with Gasteiger partial charge in [-0.25, -0.2) is 13.2 Å². The summed E-state index contributed by atoms with van der Waals surface area (Å²) in [5.41, 5.74) is 1.32. The van der Waals surface area contributed by atoms with Crippen LogP contribution in [0.15, 0.2) is 55.3 Å². The largest absolute Gasteiger partial charge is 0.497 e. The van der Waals surface area contributed by atoms with Crippen molar-refractivity contribution in [2.24, 2.45) is 11.8 Å². The molecule has 3 aliphatic heterocycles. The number of aliphatic hydroxyl groups excluding tert-OH is 1. The summed E-state index contributed by atoms with van der Waals surface area (Å²) in [5, 5.41) is 12.5. The van der Waals surface area contributed by atoms with Gasteiger partial charge in [-0.1, -0.05) is 6.08 Å². The zero-order chi connectivity index (χ0) is 24.0. The van der Waals surface area contributed by atoms with Crippen LogP contribution in [0.25, 0.3) is 10.9 Å². The molecule has 1 N–H and O–H groups in total. The SMILES string of the molecule is C=C[C@H]1C[N+]2(Cc3c(F)cc(F)cc3F)CC[C@H]1C[C@H]2[C@H](O)c1ccnc2ccc(OC)cc12. The maximum absolute atomic E-state index is 14.7. The maximum atomic E-state index is 14.7. The molecule has 2 bridgehead atoms. The van der Waals surface area contributed by atoms with Crippen LogP contribution >= 0.6 is 0 Å². The predicted molar refractivity (Wildman–Crippen MR) is 123 cm³/mol. The summed E-state index contributed by atoms with van der Waals surface area (Å²) >= 11 is 0. The minimum absolute atomic E-state index is 0.0447. The molecule has 34 heavy (non-hydrogen) atoms. The second-order valence-electron chi connectivity index (χ2n) is 9.61. The molecule has 0 radical (unpaired) electrons. The van der Waals surface area contributed by atoms with Gasteiger partial charge in [-0.05, 0) is 35.7 Å². The van der Waals surface area contributed by atoms with Crippen LogP contribution in [0.4, 0.5) is 13.2 Å². The van der Waals surface area contributed by atoms with Crippen LogP contribution in [0.2, 0.25) is 0 Å². The van der Waals surface area contributed by atoms with Crippen LogP contribution in [0.5, 0.6) is 5.75 Å². The smallest absolute Gasteiger partial charge is 0.137 e. The summed E-state index contributed by atoms with van der Waals surface area (Å²) in [7, 11) is 1.58. The molecule has 5 atom stereocenters. The number of halogens is 3. The third-order valence-electron chi connectivity index (χ3n) is 7.92. The number of pyridine rings is 1. The Kier molecular flexibility index (Phi) is 5.86. The molecule has 2 aromatic carbocycles. The Morgan fingerprint density at radius 1 is 1.21 bits per heavy atom. The van der Waals surface area contributed by atoms with Gasteiger partial charge in [0.25, 0.3) is 0 Å². The number of fused-ring (bicyclic) bond motifs is 4. The van der Waals surface area contributed by atoms with Gasteiger partial charge >= 0.3 is 0 Å². The molecule has 6 rings (SSSR count). The molecule has 0 spiro atoms. The standard InChI is InChI=1S/C27H28F3N2O2/c1-3-16-14-32(15-22-23(29)11-18(28)12-24(22)30)9-7-17(16)10-26(32)27(33)20-6-8-31-25-5-4-19(34-2)13-21(20)25/h3-6,8,11-13,16-17,26-27,33H,1,7,9-10,14-15H2,2H3/q+1/t16-,17-,26-,27+,32?/m0/s1. The predicted octanol–water partition coefficient (Wildman–Crippen LogP) is 5.31. The maximum Gasteiger partial charge on any atom is 0.137 e. The van der Waals surface area contributed by atoms with E-state index in [9.17, 15) is 18.3 Å². The van der Waals surface area contributed by atoms with E-state index in [1.807, 2.05) is 24.3 Å². The molecule has 4 nitrogen and oxygen atoms in total.